The van der Waals surface area contributed by atoms with Crippen molar-refractivity contribution in [2.45, 2.75) is 91.3 Å². The van der Waals surface area contributed by atoms with Gasteiger partial charge < -0.3 is 20.7 Å². The molecule has 3 aliphatic rings. The van der Waals surface area contributed by atoms with Gasteiger partial charge in [-0.05, 0) is 112 Å². The summed E-state index contributed by atoms with van der Waals surface area (Å²) < 4.78 is 5.52. The Kier molecular flexibility index (Phi) is 11.9. The van der Waals surface area contributed by atoms with Crippen LogP contribution in [0.2, 0.25) is 0 Å². The van der Waals surface area contributed by atoms with Crippen LogP contribution in [0.4, 0.5) is 5.69 Å². The van der Waals surface area contributed by atoms with Gasteiger partial charge in [0.05, 0.1) is 13.2 Å². The number of nitrogens with one attached hydrogen (secondary N) is 1. The fourth-order valence-electron chi connectivity index (χ4n) is 7.59. The molecule has 2 atom stereocenters. The summed E-state index contributed by atoms with van der Waals surface area (Å²) in [5, 5.41) is 3.22. The lowest BCUT2D eigenvalue weighted by Crippen LogP contribution is -2.41. The number of morpholine rings is 1. The molecule has 1 amide bonds. The molecule has 0 radical (unpaired) electrons. The highest BCUT2D eigenvalue weighted by Crippen LogP contribution is 2.36. The Morgan fingerprint density at radius 3 is 2.47 bits per heavy atom. The van der Waals surface area contributed by atoms with E-state index in [1.807, 2.05) is 0 Å². The van der Waals surface area contributed by atoms with Gasteiger partial charge in [0, 0.05) is 56.1 Å². The van der Waals surface area contributed by atoms with Gasteiger partial charge in [0.2, 0.25) is 0 Å². The first-order valence-electron chi connectivity index (χ1n) is 17.5. The average Bonchev–Trinajstić information content (AvgIpc) is 3.06. The first kappa shape index (κ1) is 33.4. The van der Waals surface area contributed by atoms with Crippen LogP contribution in [0.15, 0.2) is 60.2 Å². The average molecular weight is 613 g/mol. The molecule has 2 aliphatic carbocycles. The van der Waals surface area contributed by atoms with Crippen molar-refractivity contribution in [2.75, 3.05) is 44.3 Å². The highest BCUT2D eigenvalue weighted by molar-refractivity contribution is 5.99. The molecule has 1 saturated heterocycles. The van der Waals surface area contributed by atoms with Crippen molar-refractivity contribution in [3.63, 3.8) is 0 Å². The number of nitrogens with two attached hydrogens (primary N) is 1. The van der Waals surface area contributed by atoms with Crippen LogP contribution in [0.3, 0.4) is 0 Å². The van der Waals surface area contributed by atoms with Gasteiger partial charge in [-0.25, -0.2) is 0 Å². The monoisotopic (exact) mass is 612 g/mol. The lowest BCUT2D eigenvalue weighted by molar-refractivity contribution is 0.0342. The number of anilines is 1. The molecule has 1 aliphatic heterocycles. The number of carbonyl (C=O) groups is 1. The van der Waals surface area contributed by atoms with Crippen molar-refractivity contribution in [3.8, 4) is 11.1 Å². The van der Waals surface area contributed by atoms with E-state index in [-0.39, 0.29) is 5.91 Å². The Labute approximate surface area is 272 Å². The Bertz CT molecular complexity index is 1320. The molecule has 0 aromatic heterocycles. The maximum Gasteiger partial charge on any atom is 0.251 e. The predicted octanol–water partition coefficient (Wildman–Crippen LogP) is 7.26. The molecule has 3 N–H and O–H groups in total. The lowest BCUT2D eigenvalue weighted by atomic mass is 9.79. The van der Waals surface area contributed by atoms with Crippen LogP contribution in [-0.4, -0.2) is 62.3 Å². The number of carbonyl (C=O) groups excluding carboxylic acids is 1. The van der Waals surface area contributed by atoms with E-state index >= 15 is 0 Å². The molecule has 0 bridgehead atoms. The van der Waals surface area contributed by atoms with Gasteiger partial charge in [-0.3, -0.25) is 9.69 Å². The second-order valence-electron chi connectivity index (χ2n) is 13.6. The van der Waals surface area contributed by atoms with Gasteiger partial charge in [-0.2, -0.15) is 0 Å². The van der Waals surface area contributed by atoms with E-state index in [0.717, 1.165) is 93.8 Å². The van der Waals surface area contributed by atoms with E-state index in [9.17, 15) is 4.79 Å². The summed E-state index contributed by atoms with van der Waals surface area (Å²) in [7, 11) is 0. The number of amides is 1. The molecule has 6 nitrogen and oxygen atoms in total. The summed E-state index contributed by atoms with van der Waals surface area (Å²) in [6.07, 6.45) is 14.7. The van der Waals surface area contributed by atoms with E-state index in [4.69, 9.17) is 10.5 Å². The third-order valence-corrected chi connectivity index (χ3v) is 10.5. The van der Waals surface area contributed by atoms with Gasteiger partial charge in [-0.15, -0.1) is 0 Å². The number of allylic oxidation sites excluding steroid dienone is 3. The third kappa shape index (κ3) is 8.66. The molecule has 0 spiro atoms. The number of hydrogen-bond donors (Lipinski definition) is 2. The molecule has 2 aromatic rings. The molecule has 2 aromatic carbocycles. The lowest BCUT2D eigenvalue weighted by Gasteiger charge is -2.38. The van der Waals surface area contributed by atoms with E-state index < -0.39 is 0 Å². The summed E-state index contributed by atoms with van der Waals surface area (Å²) in [5.41, 5.74) is 14.4. The van der Waals surface area contributed by atoms with Gasteiger partial charge in [-0.1, -0.05) is 55.0 Å². The quantitative estimate of drug-likeness (QED) is 0.277. The molecule has 3 fully saturated rings. The van der Waals surface area contributed by atoms with Crippen molar-refractivity contribution in [1.82, 2.24) is 10.2 Å². The molecular weight excluding hydrogens is 556 g/mol. The van der Waals surface area contributed by atoms with Crippen LogP contribution in [0.25, 0.3) is 11.1 Å². The largest absolute Gasteiger partial charge is 0.379 e. The van der Waals surface area contributed by atoms with E-state index in [1.165, 1.54) is 24.1 Å². The number of rotatable bonds is 10. The summed E-state index contributed by atoms with van der Waals surface area (Å²) in [6, 6.07) is 14.1. The molecule has 45 heavy (non-hydrogen) atoms. The number of benzene rings is 2. The topological polar surface area (TPSA) is 70.8 Å². The number of ether oxygens (including phenoxy) is 1. The Morgan fingerprint density at radius 1 is 1.04 bits per heavy atom. The van der Waals surface area contributed by atoms with Gasteiger partial charge >= 0.3 is 0 Å². The third-order valence-electron chi connectivity index (χ3n) is 10.5. The van der Waals surface area contributed by atoms with Crippen LogP contribution in [0.5, 0.6) is 0 Å². The fraction of sp³-hybridized carbons (Fsp3) is 0.564. The smallest absolute Gasteiger partial charge is 0.251 e. The number of nitrogens with zero attached hydrogens (tertiary/aromatic N) is 2. The first-order valence-corrected chi connectivity index (χ1v) is 17.5. The van der Waals surface area contributed by atoms with Crippen LogP contribution in [0.1, 0.15) is 87.2 Å². The summed E-state index contributed by atoms with van der Waals surface area (Å²) in [6.45, 7) is 14.8. The molecule has 2 saturated carbocycles. The fourth-order valence-corrected chi connectivity index (χ4v) is 7.59. The zero-order valence-electron chi connectivity index (χ0n) is 28.2. The molecular formula is C39H56N4O2. The maximum atomic E-state index is 13.8. The second-order valence-corrected chi connectivity index (χ2v) is 13.6. The van der Waals surface area contributed by atoms with Crippen LogP contribution in [0, 0.1) is 18.8 Å². The van der Waals surface area contributed by atoms with Crippen LogP contribution in [-0.2, 0) is 11.3 Å². The second kappa shape index (κ2) is 16.1. The minimum atomic E-state index is -0.00248. The van der Waals surface area contributed by atoms with Crippen molar-refractivity contribution < 1.29 is 9.53 Å². The predicted molar refractivity (Wildman–Crippen MR) is 188 cm³/mol. The zero-order chi connectivity index (χ0) is 31.8. The normalized spacial score (nSPS) is 25.5. The van der Waals surface area contributed by atoms with Crippen molar-refractivity contribution in [2.24, 2.45) is 17.6 Å². The Balaban J connectivity index is 1.36. The van der Waals surface area contributed by atoms with E-state index in [1.54, 1.807) is 5.57 Å². The first-order chi connectivity index (χ1) is 21.9. The molecule has 1 heterocycles. The minimum Gasteiger partial charge on any atom is -0.379 e. The van der Waals surface area contributed by atoms with Crippen molar-refractivity contribution in [3.05, 3.63) is 76.9 Å². The van der Waals surface area contributed by atoms with Crippen molar-refractivity contribution in [1.29, 1.82) is 0 Å². The Hall–Kier alpha value is -2.93. The van der Waals surface area contributed by atoms with Gasteiger partial charge in [0.15, 0.2) is 0 Å². The molecule has 5 rings (SSSR count). The maximum absolute atomic E-state index is 13.8. The van der Waals surface area contributed by atoms with Crippen LogP contribution < -0.4 is 16.0 Å². The Morgan fingerprint density at radius 2 is 1.78 bits per heavy atom. The van der Waals surface area contributed by atoms with E-state index in [2.05, 4.69) is 97.4 Å². The molecule has 244 valence electrons. The zero-order valence-corrected chi connectivity index (χ0v) is 28.2. The minimum absolute atomic E-state index is 0.00248. The van der Waals surface area contributed by atoms with Gasteiger partial charge in [0.25, 0.3) is 5.91 Å². The highest BCUT2D eigenvalue weighted by atomic mass is 16.5. The standard InChI is InChI=1S/C39H56N4O2/c1-5-32-24-30(10-9-28(32)3)8-7-19-41-39(44)37-25-34(33-13-11-31(12-14-33)27-42-20-22-45-23-21-42)26-38(29(37)4)43(6-2)36-17-15-35(40)16-18-36/h5,7-8,11-14,25-26,28,30,35-36H,6,9-10,15-24,27,40H2,1-4H3,(H,41,44)/b8-7+,32-5+. The summed E-state index contributed by atoms with van der Waals surface area (Å²) >= 11 is 0. The van der Waals surface area contributed by atoms with Crippen LogP contribution >= 0.6 is 0 Å². The van der Waals surface area contributed by atoms with Crippen molar-refractivity contribution >= 4 is 11.6 Å². The molecule has 6 heteroatoms. The molecule has 2 unspecified atom stereocenters. The summed E-state index contributed by atoms with van der Waals surface area (Å²) in [5.74, 6) is 1.25. The highest BCUT2D eigenvalue weighted by Gasteiger charge is 2.27. The SMILES string of the molecule is C/C=C1\CC(/C=C/CNC(=O)c2cc(-c3ccc(CN4CCOCC4)cc3)cc(N(CC)C3CCC(N)CC3)c2C)CCC1C. The van der Waals surface area contributed by atoms with E-state index in [0.29, 0.717) is 30.5 Å². The number of hydrogen-bond acceptors (Lipinski definition) is 5. The summed E-state index contributed by atoms with van der Waals surface area (Å²) in [4.78, 5) is 18.8. The van der Waals surface area contributed by atoms with Gasteiger partial charge in [0.1, 0.15) is 0 Å².